The fraction of sp³-hybridized carbons (Fsp3) is 0.526. The van der Waals surface area contributed by atoms with E-state index in [1.165, 1.54) is 11.3 Å². The van der Waals surface area contributed by atoms with Crippen LogP contribution >= 0.6 is 11.3 Å². The Labute approximate surface area is 147 Å². The zero-order valence-electron chi connectivity index (χ0n) is 13.8. The first-order chi connectivity index (χ1) is 11.9. The van der Waals surface area contributed by atoms with Gasteiger partial charge in [0.25, 0.3) is 0 Å². The van der Waals surface area contributed by atoms with Crippen molar-refractivity contribution in [2.45, 2.75) is 38.1 Å². The maximum Gasteiger partial charge on any atom is 0.0734 e. The van der Waals surface area contributed by atoms with Crippen molar-refractivity contribution >= 4 is 11.3 Å². The van der Waals surface area contributed by atoms with Crippen LogP contribution in [0, 0.1) is 5.92 Å². The highest BCUT2D eigenvalue weighted by atomic mass is 32.1. The standard InChI is InChI=1S/C19H24N2O2S/c1-3-15(11-20-5-1)13-22-14-16-9-18-19(10-16)23-7-6-21(18)12-17-4-2-8-24-17/h1-5,8,11,16,18-19H,6-7,9-10,12-14H2/t16?,18-,19-/m0/s1. The van der Waals surface area contributed by atoms with Gasteiger partial charge >= 0.3 is 0 Å². The molecule has 0 amide bonds. The quantitative estimate of drug-likeness (QED) is 0.805. The summed E-state index contributed by atoms with van der Waals surface area (Å²) in [6, 6.07) is 8.94. The molecule has 4 nitrogen and oxygen atoms in total. The van der Waals surface area contributed by atoms with Crippen LogP contribution in [0.1, 0.15) is 23.3 Å². The Morgan fingerprint density at radius 3 is 3.12 bits per heavy atom. The van der Waals surface area contributed by atoms with E-state index in [2.05, 4.69) is 33.5 Å². The van der Waals surface area contributed by atoms with Crippen LogP contribution in [0.2, 0.25) is 0 Å². The van der Waals surface area contributed by atoms with E-state index in [1.54, 1.807) is 6.20 Å². The van der Waals surface area contributed by atoms with Crippen LogP contribution in [0.3, 0.4) is 0 Å². The Hall–Kier alpha value is -1.27. The van der Waals surface area contributed by atoms with Gasteiger partial charge in [-0.15, -0.1) is 11.3 Å². The van der Waals surface area contributed by atoms with Gasteiger partial charge in [-0.2, -0.15) is 0 Å². The number of aromatic nitrogens is 1. The normalized spacial score (nSPS) is 27.2. The largest absolute Gasteiger partial charge is 0.376 e. The molecule has 1 saturated carbocycles. The van der Waals surface area contributed by atoms with Gasteiger partial charge in [-0.05, 0) is 41.8 Å². The first-order valence-electron chi connectivity index (χ1n) is 8.73. The lowest BCUT2D eigenvalue weighted by Crippen LogP contribution is -2.47. The summed E-state index contributed by atoms with van der Waals surface area (Å²) in [7, 11) is 0. The summed E-state index contributed by atoms with van der Waals surface area (Å²) < 4.78 is 12.0. The van der Waals surface area contributed by atoms with Crippen molar-refractivity contribution in [1.82, 2.24) is 9.88 Å². The third-order valence-corrected chi connectivity index (χ3v) is 5.89. The van der Waals surface area contributed by atoms with Crippen LogP contribution < -0.4 is 0 Å². The lowest BCUT2D eigenvalue weighted by atomic mass is 10.1. The molecule has 2 aliphatic rings. The predicted octanol–water partition coefficient (Wildman–Crippen LogP) is 3.34. The fourth-order valence-corrected chi connectivity index (χ4v) is 4.62. The lowest BCUT2D eigenvalue weighted by molar-refractivity contribution is -0.0588. The number of hydrogen-bond donors (Lipinski definition) is 0. The summed E-state index contributed by atoms with van der Waals surface area (Å²) in [5.41, 5.74) is 1.14. The molecular formula is C19H24N2O2S. The molecule has 0 bridgehead atoms. The molecule has 0 aromatic carbocycles. The molecule has 0 radical (unpaired) electrons. The van der Waals surface area contributed by atoms with Crippen molar-refractivity contribution in [2.24, 2.45) is 5.92 Å². The van der Waals surface area contributed by atoms with Gasteiger partial charge in [-0.25, -0.2) is 0 Å². The molecule has 24 heavy (non-hydrogen) atoms. The van der Waals surface area contributed by atoms with Crippen LogP contribution in [0.4, 0.5) is 0 Å². The second-order valence-electron chi connectivity index (χ2n) is 6.74. The van der Waals surface area contributed by atoms with Crippen LogP contribution in [-0.2, 0) is 22.6 Å². The first-order valence-corrected chi connectivity index (χ1v) is 9.61. The van der Waals surface area contributed by atoms with Crippen molar-refractivity contribution in [2.75, 3.05) is 19.8 Å². The number of thiophene rings is 1. The number of nitrogens with zero attached hydrogens (tertiary/aromatic N) is 2. The van der Waals surface area contributed by atoms with E-state index in [9.17, 15) is 0 Å². The minimum absolute atomic E-state index is 0.380. The Balaban J connectivity index is 1.29. The predicted molar refractivity (Wildman–Crippen MR) is 94.9 cm³/mol. The van der Waals surface area contributed by atoms with E-state index in [-0.39, 0.29) is 0 Å². The highest BCUT2D eigenvalue weighted by Gasteiger charge is 2.40. The zero-order valence-corrected chi connectivity index (χ0v) is 14.7. The van der Waals surface area contributed by atoms with Crippen LogP contribution in [0.15, 0.2) is 42.0 Å². The van der Waals surface area contributed by atoms with Crippen molar-refractivity contribution in [3.05, 3.63) is 52.5 Å². The van der Waals surface area contributed by atoms with Crippen LogP contribution in [0.5, 0.6) is 0 Å². The molecule has 2 aromatic rings. The Morgan fingerprint density at radius 1 is 1.29 bits per heavy atom. The maximum atomic E-state index is 6.04. The molecule has 1 saturated heterocycles. The fourth-order valence-electron chi connectivity index (χ4n) is 3.89. The molecule has 5 heteroatoms. The number of morpholine rings is 1. The van der Waals surface area contributed by atoms with Crippen molar-refractivity contribution < 1.29 is 9.47 Å². The van der Waals surface area contributed by atoms with Crippen molar-refractivity contribution in [3.8, 4) is 0 Å². The first kappa shape index (κ1) is 16.2. The molecule has 4 rings (SSSR count). The van der Waals surface area contributed by atoms with E-state index in [0.717, 1.165) is 38.3 Å². The smallest absolute Gasteiger partial charge is 0.0734 e. The molecule has 3 atom stereocenters. The third-order valence-electron chi connectivity index (χ3n) is 5.03. The summed E-state index contributed by atoms with van der Waals surface area (Å²) in [6.07, 6.45) is 6.36. The van der Waals surface area contributed by atoms with Gasteiger partial charge in [0.1, 0.15) is 0 Å². The summed E-state index contributed by atoms with van der Waals surface area (Å²) in [5.74, 6) is 0.598. The van der Waals surface area contributed by atoms with E-state index in [1.807, 2.05) is 23.6 Å². The molecule has 2 aromatic heterocycles. The van der Waals surface area contributed by atoms with E-state index < -0.39 is 0 Å². The average Bonchev–Trinajstić information content (AvgIpc) is 3.26. The Morgan fingerprint density at radius 2 is 2.29 bits per heavy atom. The van der Waals surface area contributed by atoms with Crippen LogP contribution in [0.25, 0.3) is 0 Å². The highest BCUT2D eigenvalue weighted by molar-refractivity contribution is 7.09. The molecule has 3 heterocycles. The molecule has 1 aliphatic carbocycles. The Kier molecular flexibility index (Phi) is 5.23. The topological polar surface area (TPSA) is 34.6 Å². The summed E-state index contributed by atoms with van der Waals surface area (Å²) in [4.78, 5) is 8.20. The lowest BCUT2D eigenvalue weighted by Gasteiger charge is -2.37. The van der Waals surface area contributed by atoms with Crippen LogP contribution in [-0.4, -0.2) is 41.8 Å². The second-order valence-corrected chi connectivity index (χ2v) is 7.77. The van der Waals surface area contributed by atoms with Crippen molar-refractivity contribution in [1.29, 1.82) is 0 Å². The van der Waals surface area contributed by atoms with Gasteiger partial charge in [-0.3, -0.25) is 9.88 Å². The molecule has 0 spiro atoms. The van der Waals surface area contributed by atoms with Gasteiger partial charge in [0.15, 0.2) is 0 Å². The van der Waals surface area contributed by atoms with Gasteiger partial charge in [0.2, 0.25) is 0 Å². The molecule has 1 unspecified atom stereocenters. The Bertz CT molecular complexity index is 620. The average molecular weight is 344 g/mol. The number of pyridine rings is 1. The van der Waals surface area contributed by atoms with E-state index in [4.69, 9.17) is 9.47 Å². The number of fused-ring (bicyclic) bond motifs is 1. The zero-order chi connectivity index (χ0) is 16.2. The molecule has 128 valence electrons. The van der Waals surface area contributed by atoms with Gasteiger partial charge in [-0.1, -0.05) is 12.1 Å². The number of ether oxygens (including phenoxy) is 2. The van der Waals surface area contributed by atoms with E-state index >= 15 is 0 Å². The molecule has 1 aliphatic heterocycles. The van der Waals surface area contributed by atoms with E-state index in [0.29, 0.717) is 24.7 Å². The highest BCUT2D eigenvalue weighted by Crippen LogP contribution is 2.35. The number of rotatable bonds is 6. The summed E-state index contributed by atoms with van der Waals surface area (Å²) in [6.45, 7) is 4.43. The van der Waals surface area contributed by atoms with Gasteiger partial charge < -0.3 is 9.47 Å². The third kappa shape index (κ3) is 3.86. The minimum Gasteiger partial charge on any atom is -0.376 e. The van der Waals surface area contributed by atoms with Gasteiger partial charge in [0, 0.05) is 43.0 Å². The maximum absolute atomic E-state index is 6.04. The summed E-state index contributed by atoms with van der Waals surface area (Å²) in [5, 5.41) is 2.16. The monoisotopic (exact) mass is 344 g/mol. The molecule has 2 fully saturated rings. The van der Waals surface area contributed by atoms with Crippen molar-refractivity contribution in [3.63, 3.8) is 0 Å². The molecule has 0 N–H and O–H groups in total. The second kappa shape index (κ2) is 7.74. The molecular weight excluding hydrogens is 320 g/mol. The number of hydrogen-bond acceptors (Lipinski definition) is 5. The summed E-state index contributed by atoms with van der Waals surface area (Å²) >= 11 is 1.85. The SMILES string of the molecule is c1cncc(COCC2C[C@@H]3OCCN(Cc4cccs4)[C@H]3C2)c1. The van der Waals surface area contributed by atoms with Gasteiger partial charge in [0.05, 0.1) is 19.3 Å². The minimum atomic E-state index is 0.380.